The monoisotopic (exact) mass is 291 g/mol. The SMILES string of the molecule is CCNC(c1cscc1C)c1ccc(OC)cc1OC. The zero-order valence-corrected chi connectivity index (χ0v) is 13.2. The van der Waals surface area contributed by atoms with Crippen molar-refractivity contribution in [2.75, 3.05) is 20.8 Å². The number of methoxy groups -OCH3 is 2. The maximum atomic E-state index is 5.54. The first-order chi connectivity index (χ1) is 9.71. The fraction of sp³-hybridized carbons (Fsp3) is 0.375. The lowest BCUT2D eigenvalue weighted by Gasteiger charge is -2.21. The largest absolute Gasteiger partial charge is 0.497 e. The van der Waals surface area contributed by atoms with Crippen molar-refractivity contribution in [3.8, 4) is 11.5 Å². The highest BCUT2D eigenvalue weighted by Crippen LogP contribution is 2.35. The summed E-state index contributed by atoms with van der Waals surface area (Å²) in [7, 11) is 3.36. The van der Waals surface area contributed by atoms with Crippen LogP contribution in [0.4, 0.5) is 0 Å². The molecule has 0 bridgehead atoms. The van der Waals surface area contributed by atoms with Crippen molar-refractivity contribution in [1.82, 2.24) is 5.32 Å². The number of nitrogens with one attached hydrogen (secondary N) is 1. The number of ether oxygens (including phenoxy) is 2. The predicted molar refractivity (Wildman–Crippen MR) is 84.1 cm³/mol. The molecule has 0 aliphatic heterocycles. The molecule has 0 saturated carbocycles. The van der Waals surface area contributed by atoms with Gasteiger partial charge in [-0.05, 0) is 47.5 Å². The van der Waals surface area contributed by atoms with E-state index >= 15 is 0 Å². The molecular formula is C16H21NO2S. The Hall–Kier alpha value is -1.52. The Bertz CT molecular complexity index is 565. The van der Waals surface area contributed by atoms with Crippen molar-refractivity contribution in [3.05, 3.63) is 45.6 Å². The summed E-state index contributed by atoms with van der Waals surface area (Å²) in [4.78, 5) is 0. The van der Waals surface area contributed by atoms with Crippen molar-refractivity contribution in [2.45, 2.75) is 19.9 Å². The Morgan fingerprint density at radius 3 is 2.50 bits per heavy atom. The smallest absolute Gasteiger partial charge is 0.127 e. The van der Waals surface area contributed by atoms with Crippen molar-refractivity contribution in [3.63, 3.8) is 0 Å². The lowest BCUT2D eigenvalue weighted by atomic mass is 9.97. The van der Waals surface area contributed by atoms with Crippen molar-refractivity contribution < 1.29 is 9.47 Å². The van der Waals surface area contributed by atoms with Crippen LogP contribution in [0.2, 0.25) is 0 Å². The maximum Gasteiger partial charge on any atom is 0.127 e. The fourth-order valence-electron chi connectivity index (χ4n) is 2.31. The highest BCUT2D eigenvalue weighted by atomic mass is 32.1. The molecule has 0 aliphatic rings. The highest BCUT2D eigenvalue weighted by Gasteiger charge is 2.20. The third kappa shape index (κ3) is 2.97. The van der Waals surface area contributed by atoms with Gasteiger partial charge in [0.1, 0.15) is 11.5 Å². The van der Waals surface area contributed by atoms with Gasteiger partial charge >= 0.3 is 0 Å². The topological polar surface area (TPSA) is 30.5 Å². The standard InChI is InChI=1S/C16H21NO2S/c1-5-17-16(14-10-20-9-11(14)2)13-7-6-12(18-3)8-15(13)19-4/h6-10,16-17H,5H2,1-4H3. The summed E-state index contributed by atoms with van der Waals surface area (Å²) in [6, 6.07) is 6.13. The molecule has 0 fully saturated rings. The van der Waals surface area contributed by atoms with Gasteiger partial charge in [0.2, 0.25) is 0 Å². The van der Waals surface area contributed by atoms with Crippen LogP contribution in [0.5, 0.6) is 11.5 Å². The minimum atomic E-state index is 0.145. The molecule has 108 valence electrons. The molecule has 4 heteroatoms. The van der Waals surface area contributed by atoms with Crippen molar-refractivity contribution >= 4 is 11.3 Å². The Morgan fingerprint density at radius 1 is 1.15 bits per heavy atom. The van der Waals surface area contributed by atoms with Gasteiger partial charge in [-0.25, -0.2) is 0 Å². The number of rotatable bonds is 6. The van der Waals surface area contributed by atoms with E-state index in [2.05, 4.69) is 36.0 Å². The molecule has 2 rings (SSSR count). The molecule has 1 heterocycles. The first-order valence-corrected chi connectivity index (χ1v) is 7.63. The molecular weight excluding hydrogens is 270 g/mol. The molecule has 1 aromatic carbocycles. The van der Waals surface area contributed by atoms with Gasteiger partial charge in [-0.15, -0.1) is 0 Å². The Kier molecular flexibility index (Phi) is 5.04. The third-order valence-electron chi connectivity index (χ3n) is 3.37. The van der Waals surface area contributed by atoms with E-state index in [1.807, 2.05) is 12.1 Å². The molecule has 3 nitrogen and oxygen atoms in total. The number of hydrogen-bond acceptors (Lipinski definition) is 4. The van der Waals surface area contributed by atoms with E-state index in [0.29, 0.717) is 0 Å². The number of thiophene rings is 1. The van der Waals surface area contributed by atoms with Crippen molar-refractivity contribution in [1.29, 1.82) is 0 Å². The Balaban J connectivity index is 2.46. The van der Waals surface area contributed by atoms with Crippen LogP contribution in [0, 0.1) is 6.92 Å². The number of benzene rings is 1. The first-order valence-electron chi connectivity index (χ1n) is 6.69. The second kappa shape index (κ2) is 6.77. The lowest BCUT2D eigenvalue weighted by molar-refractivity contribution is 0.387. The average Bonchev–Trinajstić information content (AvgIpc) is 2.90. The van der Waals surface area contributed by atoms with Gasteiger partial charge in [-0.3, -0.25) is 0 Å². The molecule has 0 amide bonds. The van der Waals surface area contributed by atoms with E-state index in [4.69, 9.17) is 9.47 Å². The quantitative estimate of drug-likeness (QED) is 0.878. The molecule has 1 aromatic heterocycles. The first kappa shape index (κ1) is 14.9. The van der Waals surface area contributed by atoms with Crippen LogP contribution in [0.3, 0.4) is 0 Å². The Labute approximate surface area is 124 Å². The minimum Gasteiger partial charge on any atom is -0.497 e. The molecule has 0 spiro atoms. The van der Waals surface area contributed by atoms with Crippen LogP contribution in [0.25, 0.3) is 0 Å². The van der Waals surface area contributed by atoms with Crippen LogP contribution >= 0.6 is 11.3 Å². The summed E-state index contributed by atoms with van der Waals surface area (Å²) in [6.07, 6.45) is 0. The normalized spacial score (nSPS) is 12.2. The van der Waals surface area contributed by atoms with E-state index < -0.39 is 0 Å². The predicted octanol–water partition coefficient (Wildman–Crippen LogP) is 3.77. The van der Waals surface area contributed by atoms with Crippen molar-refractivity contribution in [2.24, 2.45) is 0 Å². The van der Waals surface area contributed by atoms with Gasteiger partial charge in [-0.1, -0.05) is 6.92 Å². The summed E-state index contributed by atoms with van der Waals surface area (Å²) < 4.78 is 10.8. The van der Waals surface area contributed by atoms with E-state index in [0.717, 1.165) is 23.6 Å². The third-order valence-corrected chi connectivity index (χ3v) is 4.25. The van der Waals surface area contributed by atoms with Gasteiger partial charge in [0.15, 0.2) is 0 Å². The fourth-order valence-corrected chi connectivity index (χ4v) is 3.19. The van der Waals surface area contributed by atoms with Crippen LogP contribution < -0.4 is 14.8 Å². The van der Waals surface area contributed by atoms with Crippen LogP contribution in [-0.2, 0) is 0 Å². The summed E-state index contributed by atoms with van der Waals surface area (Å²) in [5.74, 6) is 1.66. The van der Waals surface area contributed by atoms with Crippen LogP contribution in [0.15, 0.2) is 29.0 Å². The zero-order valence-electron chi connectivity index (χ0n) is 12.4. The molecule has 2 aromatic rings. The molecule has 0 radical (unpaired) electrons. The average molecular weight is 291 g/mol. The van der Waals surface area contributed by atoms with Crippen LogP contribution in [0.1, 0.15) is 29.7 Å². The lowest BCUT2D eigenvalue weighted by Crippen LogP contribution is -2.22. The Morgan fingerprint density at radius 2 is 1.95 bits per heavy atom. The molecule has 1 unspecified atom stereocenters. The summed E-state index contributed by atoms with van der Waals surface area (Å²) in [5, 5.41) is 7.92. The number of aryl methyl sites for hydroxylation is 1. The van der Waals surface area contributed by atoms with Gasteiger partial charge < -0.3 is 14.8 Å². The number of hydrogen-bond donors (Lipinski definition) is 1. The van der Waals surface area contributed by atoms with Gasteiger partial charge in [0.05, 0.1) is 20.3 Å². The molecule has 20 heavy (non-hydrogen) atoms. The molecule has 0 saturated heterocycles. The minimum absolute atomic E-state index is 0.145. The molecule has 0 aliphatic carbocycles. The summed E-state index contributed by atoms with van der Waals surface area (Å²) in [6.45, 7) is 5.16. The zero-order chi connectivity index (χ0) is 14.5. The molecule has 1 N–H and O–H groups in total. The van der Waals surface area contributed by atoms with E-state index in [-0.39, 0.29) is 6.04 Å². The maximum absolute atomic E-state index is 5.54. The second-order valence-electron chi connectivity index (χ2n) is 4.61. The molecule has 1 atom stereocenters. The highest BCUT2D eigenvalue weighted by molar-refractivity contribution is 7.08. The van der Waals surface area contributed by atoms with E-state index in [9.17, 15) is 0 Å². The summed E-state index contributed by atoms with van der Waals surface area (Å²) >= 11 is 1.73. The van der Waals surface area contributed by atoms with Gasteiger partial charge in [0.25, 0.3) is 0 Å². The van der Waals surface area contributed by atoms with Gasteiger partial charge in [-0.2, -0.15) is 11.3 Å². The van der Waals surface area contributed by atoms with E-state index in [1.54, 1.807) is 25.6 Å². The van der Waals surface area contributed by atoms with Crippen LogP contribution in [-0.4, -0.2) is 20.8 Å². The van der Waals surface area contributed by atoms with Gasteiger partial charge in [0, 0.05) is 11.6 Å². The van der Waals surface area contributed by atoms with E-state index in [1.165, 1.54) is 11.1 Å². The second-order valence-corrected chi connectivity index (χ2v) is 5.35. The summed E-state index contributed by atoms with van der Waals surface area (Å²) in [5.41, 5.74) is 3.75.